The second-order valence-electron chi connectivity index (χ2n) is 4.73. The van der Waals surface area contributed by atoms with Gasteiger partial charge in [-0.1, -0.05) is 6.92 Å². The Labute approximate surface area is 106 Å². The van der Waals surface area contributed by atoms with Gasteiger partial charge >= 0.3 is 0 Å². The molecule has 4 nitrogen and oxygen atoms in total. The van der Waals surface area contributed by atoms with Crippen LogP contribution in [0.5, 0.6) is 0 Å². The lowest BCUT2D eigenvalue weighted by atomic mass is 9.98. The standard InChI is InChI=1S/C11H18N2O2S2/c1-3-9-8(2)16-10(13-9)11(12)5-4-6-17(14,15)7-11/h3-7,12H2,1-2H3. The van der Waals surface area contributed by atoms with Gasteiger partial charge in [0.1, 0.15) is 5.01 Å². The van der Waals surface area contributed by atoms with Crippen molar-refractivity contribution in [1.29, 1.82) is 0 Å². The maximum Gasteiger partial charge on any atom is 0.152 e. The molecule has 2 N–H and O–H groups in total. The molecule has 1 unspecified atom stereocenters. The van der Waals surface area contributed by atoms with E-state index in [0.29, 0.717) is 12.8 Å². The molecule has 1 aliphatic heterocycles. The van der Waals surface area contributed by atoms with Gasteiger partial charge in [0.25, 0.3) is 0 Å². The van der Waals surface area contributed by atoms with Crippen molar-refractivity contribution in [2.75, 3.05) is 11.5 Å². The van der Waals surface area contributed by atoms with Crippen LogP contribution in [0.25, 0.3) is 0 Å². The largest absolute Gasteiger partial charge is 0.319 e. The van der Waals surface area contributed by atoms with E-state index in [4.69, 9.17) is 5.73 Å². The van der Waals surface area contributed by atoms with Crippen LogP contribution in [-0.2, 0) is 21.8 Å². The predicted octanol–water partition coefficient (Wildman–Crippen LogP) is 1.38. The number of sulfone groups is 1. The van der Waals surface area contributed by atoms with Gasteiger partial charge in [0.2, 0.25) is 0 Å². The highest BCUT2D eigenvalue weighted by atomic mass is 32.2. The van der Waals surface area contributed by atoms with E-state index in [0.717, 1.165) is 22.0 Å². The molecule has 1 aromatic rings. The molecule has 1 saturated heterocycles. The minimum absolute atomic E-state index is 0.0378. The molecular formula is C11H18N2O2S2. The maximum atomic E-state index is 11.7. The van der Waals surface area contributed by atoms with Crippen LogP contribution >= 0.6 is 11.3 Å². The van der Waals surface area contributed by atoms with E-state index in [-0.39, 0.29) is 11.5 Å². The minimum atomic E-state index is -3.01. The fourth-order valence-electron chi connectivity index (χ4n) is 2.28. The van der Waals surface area contributed by atoms with E-state index >= 15 is 0 Å². The van der Waals surface area contributed by atoms with E-state index in [1.165, 1.54) is 0 Å². The molecule has 0 bridgehead atoms. The highest BCUT2D eigenvalue weighted by Crippen LogP contribution is 2.34. The van der Waals surface area contributed by atoms with E-state index in [9.17, 15) is 8.42 Å². The van der Waals surface area contributed by atoms with Crippen LogP contribution in [0.3, 0.4) is 0 Å². The number of hydrogen-bond acceptors (Lipinski definition) is 5. The quantitative estimate of drug-likeness (QED) is 0.884. The van der Waals surface area contributed by atoms with Crippen molar-refractivity contribution < 1.29 is 8.42 Å². The highest BCUT2D eigenvalue weighted by molar-refractivity contribution is 7.91. The summed E-state index contributed by atoms with van der Waals surface area (Å²) < 4.78 is 23.4. The van der Waals surface area contributed by atoms with Gasteiger partial charge in [0.05, 0.1) is 22.7 Å². The van der Waals surface area contributed by atoms with Gasteiger partial charge in [-0.3, -0.25) is 0 Å². The molecule has 0 aromatic carbocycles. The second-order valence-corrected chi connectivity index (χ2v) is 8.11. The Morgan fingerprint density at radius 3 is 2.76 bits per heavy atom. The predicted molar refractivity (Wildman–Crippen MR) is 70.0 cm³/mol. The summed E-state index contributed by atoms with van der Waals surface area (Å²) >= 11 is 1.54. The van der Waals surface area contributed by atoms with Gasteiger partial charge in [-0.15, -0.1) is 11.3 Å². The highest BCUT2D eigenvalue weighted by Gasteiger charge is 2.39. The summed E-state index contributed by atoms with van der Waals surface area (Å²) in [6, 6.07) is 0. The van der Waals surface area contributed by atoms with Crippen molar-refractivity contribution >= 4 is 21.2 Å². The molecular weight excluding hydrogens is 256 g/mol. The van der Waals surface area contributed by atoms with Crippen LogP contribution in [0, 0.1) is 6.92 Å². The molecule has 1 aliphatic rings. The normalized spacial score (nSPS) is 28.2. The zero-order valence-corrected chi connectivity index (χ0v) is 11.8. The number of nitrogens with zero attached hydrogens (tertiary/aromatic N) is 1. The fourth-order valence-corrected chi connectivity index (χ4v) is 5.30. The molecule has 1 fully saturated rings. The van der Waals surface area contributed by atoms with Crippen molar-refractivity contribution in [3.8, 4) is 0 Å². The molecule has 2 rings (SSSR count). The molecule has 0 aliphatic carbocycles. The topological polar surface area (TPSA) is 73.0 Å². The van der Waals surface area contributed by atoms with E-state index in [2.05, 4.69) is 4.98 Å². The molecule has 0 amide bonds. The molecule has 0 saturated carbocycles. The number of aryl methyl sites for hydroxylation is 2. The third-order valence-electron chi connectivity index (χ3n) is 3.21. The van der Waals surface area contributed by atoms with Crippen molar-refractivity contribution in [1.82, 2.24) is 4.98 Å². The number of hydrogen-bond donors (Lipinski definition) is 1. The van der Waals surface area contributed by atoms with Crippen LogP contribution in [0.1, 0.15) is 35.3 Å². The first-order chi connectivity index (χ1) is 7.86. The lowest BCUT2D eigenvalue weighted by Crippen LogP contribution is -2.47. The molecule has 1 atom stereocenters. The molecule has 6 heteroatoms. The Morgan fingerprint density at radius 1 is 1.53 bits per heavy atom. The summed E-state index contributed by atoms with van der Waals surface area (Å²) in [6.07, 6.45) is 2.21. The zero-order chi connectivity index (χ0) is 12.7. The third kappa shape index (κ3) is 2.53. The maximum absolute atomic E-state index is 11.7. The average molecular weight is 274 g/mol. The fraction of sp³-hybridized carbons (Fsp3) is 0.727. The Hall–Kier alpha value is -0.460. The lowest BCUT2D eigenvalue weighted by molar-refractivity contribution is 0.421. The third-order valence-corrected chi connectivity index (χ3v) is 6.31. The molecule has 96 valence electrons. The Kier molecular flexibility index (Phi) is 3.31. The summed E-state index contributed by atoms with van der Waals surface area (Å²) in [6.45, 7) is 4.06. The van der Waals surface area contributed by atoms with Crippen LogP contribution in [0.2, 0.25) is 0 Å². The second kappa shape index (κ2) is 4.33. The number of rotatable bonds is 2. The number of thiazole rings is 1. The summed E-state index contributed by atoms with van der Waals surface area (Å²) in [5.41, 5.74) is 6.54. The average Bonchev–Trinajstić information content (AvgIpc) is 2.58. The smallest absolute Gasteiger partial charge is 0.152 e. The zero-order valence-electron chi connectivity index (χ0n) is 10.2. The SMILES string of the molecule is CCc1nc(C2(N)CCCS(=O)(=O)C2)sc1C. The van der Waals surface area contributed by atoms with Gasteiger partial charge in [-0.05, 0) is 26.2 Å². The lowest BCUT2D eigenvalue weighted by Gasteiger charge is -2.30. The van der Waals surface area contributed by atoms with Crippen molar-refractivity contribution in [3.63, 3.8) is 0 Å². The number of nitrogens with two attached hydrogens (primary N) is 1. The summed E-state index contributed by atoms with van der Waals surface area (Å²) in [4.78, 5) is 5.67. The van der Waals surface area contributed by atoms with Crippen molar-refractivity contribution in [2.24, 2.45) is 5.73 Å². The van der Waals surface area contributed by atoms with Gasteiger partial charge < -0.3 is 5.73 Å². The van der Waals surface area contributed by atoms with Gasteiger partial charge in [-0.25, -0.2) is 13.4 Å². The number of aromatic nitrogens is 1. The van der Waals surface area contributed by atoms with Gasteiger partial charge in [0, 0.05) is 4.88 Å². The summed E-state index contributed by atoms with van der Waals surface area (Å²) in [5.74, 6) is 0.299. The van der Waals surface area contributed by atoms with Crippen molar-refractivity contribution in [3.05, 3.63) is 15.6 Å². The monoisotopic (exact) mass is 274 g/mol. The molecule has 1 aromatic heterocycles. The molecule has 17 heavy (non-hydrogen) atoms. The van der Waals surface area contributed by atoms with Crippen LogP contribution in [-0.4, -0.2) is 24.9 Å². The van der Waals surface area contributed by atoms with Gasteiger partial charge in [-0.2, -0.15) is 0 Å². The first-order valence-corrected chi connectivity index (χ1v) is 8.46. The van der Waals surface area contributed by atoms with E-state index in [1.807, 2.05) is 13.8 Å². The molecule has 0 radical (unpaired) electrons. The van der Waals surface area contributed by atoms with E-state index < -0.39 is 15.4 Å². The Balaban J connectivity index is 2.37. The van der Waals surface area contributed by atoms with Crippen LogP contribution in [0.15, 0.2) is 0 Å². The van der Waals surface area contributed by atoms with E-state index in [1.54, 1.807) is 11.3 Å². The molecule has 0 spiro atoms. The van der Waals surface area contributed by atoms with Crippen molar-refractivity contribution in [2.45, 2.75) is 38.6 Å². The summed E-state index contributed by atoms with van der Waals surface area (Å²) in [7, 11) is -3.01. The minimum Gasteiger partial charge on any atom is -0.319 e. The molecule has 2 heterocycles. The van der Waals surface area contributed by atoms with Crippen LogP contribution in [0.4, 0.5) is 0 Å². The summed E-state index contributed by atoms with van der Waals surface area (Å²) in [5, 5.41) is 0.787. The first kappa shape index (κ1) is 13.0. The van der Waals surface area contributed by atoms with Gasteiger partial charge in [0.15, 0.2) is 9.84 Å². The first-order valence-electron chi connectivity index (χ1n) is 5.82. The Bertz CT molecular complexity index is 522. The Morgan fingerprint density at radius 2 is 2.24 bits per heavy atom. The van der Waals surface area contributed by atoms with Crippen LogP contribution < -0.4 is 5.73 Å².